The number of methoxy groups -OCH3 is 2. The van der Waals surface area contributed by atoms with E-state index in [9.17, 15) is 4.79 Å². The number of nitrogens with zero attached hydrogens (tertiary/aromatic N) is 7. The quantitative estimate of drug-likeness (QED) is 0.104. The summed E-state index contributed by atoms with van der Waals surface area (Å²) in [5.74, 6) is 0.511. The third-order valence-corrected chi connectivity index (χ3v) is 12.8. The van der Waals surface area contributed by atoms with E-state index >= 15 is 17.6 Å². The minimum Gasteiger partial charge on any atom is -0.497 e. The van der Waals surface area contributed by atoms with Crippen LogP contribution in [0.25, 0.3) is 22.2 Å². The maximum Gasteiger partial charge on any atom is 0.418 e. The van der Waals surface area contributed by atoms with Gasteiger partial charge in [0.1, 0.15) is 46.7 Å². The smallest absolute Gasteiger partial charge is 0.418 e. The second-order valence-corrected chi connectivity index (χ2v) is 19.2. The molecular weight excluding hydrogens is 944 g/mol. The van der Waals surface area contributed by atoms with Gasteiger partial charge in [0, 0.05) is 37.3 Å². The highest BCUT2D eigenvalue weighted by atomic mass is 35.5. The lowest BCUT2D eigenvalue weighted by atomic mass is 9.98. The summed E-state index contributed by atoms with van der Waals surface area (Å²) in [7, 11) is 5.13. The van der Waals surface area contributed by atoms with Crippen molar-refractivity contribution in [2.75, 3.05) is 69.2 Å². The van der Waals surface area contributed by atoms with E-state index in [2.05, 4.69) is 20.2 Å². The van der Waals surface area contributed by atoms with Crippen LogP contribution in [0.5, 0.6) is 23.3 Å². The molecule has 0 bridgehead atoms. The van der Waals surface area contributed by atoms with E-state index < -0.39 is 51.6 Å². The highest BCUT2D eigenvalue weighted by Crippen LogP contribution is 2.51. The largest absolute Gasteiger partial charge is 0.497 e. The number of hydrogen-bond donors (Lipinski definition) is 1. The minimum absolute atomic E-state index is 0.0120. The summed E-state index contributed by atoms with van der Waals surface area (Å²) < 4.78 is 93.7. The summed E-state index contributed by atoms with van der Waals surface area (Å²) in [4.78, 5) is 37.5. The van der Waals surface area contributed by atoms with Crippen LogP contribution >= 0.6 is 11.6 Å². The zero-order chi connectivity index (χ0) is 50.8. The van der Waals surface area contributed by atoms with Crippen molar-refractivity contribution >= 4 is 46.1 Å². The van der Waals surface area contributed by atoms with Gasteiger partial charge in [-0.05, 0) is 114 Å². The molecule has 19 heteroatoms. The molecule has 0 aliphatic carbocycles. The van der Waals surface area contributed by atoms with Gasteiger partial charge in [0.05, 0.1) is 60.6 Å². The number of benzene rings is 3. The van der Waals surface area contributed by atoms with Crippen LogP contribution in [0.1, 0.15) is 74.4 Å². The van der Waals surface area contributed by atoms with Gasteiger partial charge in [0.15, 0.2) is 11.6 Å². The number of anilines is 3. The first-order valence-corrected chi connectivity index (χ1v) is 23.7. The normalized spacial score (nSPS) is 15.7. The van der Waals surface area contributed by atoms with Crippen LogP contribution in [-0.4, -0.2) is 90.6 Å². The summed E-state index contributed by atoms with van der Waals surface area (Å²) in [6.07, 6.45) is -2.38. The molecule has 1 amide bonds. The molecule has 3 aromatic heterocycles. The van der Waals surface area contributed by atoms with E-state index in [1.54, 1.807) is 76.3 Å². The molecule has 14 nitrogen and oxygen atoms in total. The Morgan fingerprint density at radius 2 is 1.63 bits per heavy atom. The molecule has 0 saturated carbocycles. The van der Waals surface area contributed by atoms with Crippen LogP contribution < -0.4 is 34.1 Å². The Balaban J connectivity index is 1.31. The highest BCUT2D eigenvalue weighted by molar-refractivity contribution is 6.36. The molecule has 2 atom stereocenters. The van der Waals surface area contributed by atoms with Crippen molar-refractivity contribution in [1.29, 1.82) is 0 Å². The fraction of sp³-hybridized carbons (Fsp3) is 0.404. The number of aryl methyl sites for hydroxylation is 1. The van der Waals surface area contributed by atoms with Crippen LogP contribution in [0.3, 0.4) is 0 Å². The summed E-state index contributed by atoms with van der Waals surface area (Å²) in [5.41, 5.74) is -1.82. The molecule has 2 aliphatic rings. The topological polar surface area (TPSA) is 137 Å². The number of hydrogen-bond acceptors (Lipinski definition) is 13. The molecule has 3 aromatic carbocycles. The predicted molar refractivity (Wildman–Crippen MR) is 264 cm³/mol. The van der Waals surface area contributed by atoms with E-state index in [-0.39, 0.29) is 84.4 Å². The lowest BCUT2D eigenvalue weighted by Gasteiger charge is -2.31. The van der Waals surface area contributed by atoms with Crippen molar-refractivity contribution in [2.24, 2.45) is 5.92 Å². The maximum atomic E-state index is 18.1. The first-order valence-electron chi connectivity index (χ1n) is 23.3. The molecule has 1 saturated heterocycles. The zero-order valence-corrected chi connectivity index (χ0v) is 41.7. The average Bonchev–Trinajstić information content (AvgIpc) is 3.52. The summed E-state index contributed by atoms with van der Waals surface area (Å²) in [5, 5.41) is 2.31. The number of nitrogens with one attached hydrogen (secondary N) is 1. The number of carbonyl (C=O) groups is 1. The number of aromatic nitrogens is 4. The highest BCUT2D eigenvalue weighted by Gasteiger charge is 2.41. The van der Waals surface area contributed by atoms with Gasteiger partial charge in [0.2, 0.25) is 0 Å². The number of ether oxygens (including phenoxy) is 5. The summed E-state index contributed by atoms with van der Waals surface area (Å²) in [6, 6.07) is 18.5. The van der Waals surface area contributed by atoms with Gasteiger partial charge in [-0.3, -0.25) is 5.32 Å². The number of carbonyl (C=O) groups excluding carboxylic acids is 1. The lowest BCUT2D eigenvalue weighted by Crippen LogP contribution is -2.35. The molecule has 8 rings (SSSR count). The van der Waals surface area contributed by atoms with Gasteiger partial charge in [-0.25, -0.2) is 19.2 Å². The van der Waals surface area contributed by atoms with Crippen LogP contribution in [0.15, 0.2) is 72.9 Å². The van der Waals surface area contributed by atoms with E-state index in [1.807, 2.05) is 43.1 Å². The van der Waals surface area contributed by atoms with Gasteiger partial charge < -0.3 is 38.4 Å². The average molecular weight is 1000 g/mol. The SMILES string of the molecule is COc1ccc(CN(Cc2ccc(OC)cc2)c2cc(C)c(C(F)(F)F)c(-c3c(Cl)c4c5c(nc(OCC6CCCN(C)C6)nc5c3F)N([C@H](C)c3cccnc3NC(=O)OC(C)(C)C)CCO4)n2)cc1. The van der Waals surface area contributed by atoms with Crippen molar-refractivity contribution in [3.63, 3.8) is 0 Å². The van der Waals surface area contributed by atoms with E-state index in [0.29, 0.717) is 17.1 Å². The number of piperidine rings is 1. The van der Waals surface area contributed by atoms with Gasteiger partial charge in [-0.1, -0.05) is 41.9 Å². The van der Waals surface area contributed by atoms with Crippen molar-refractivity contribution in [3.8, 4) is 34.5 Å². The second-order valence-electron chi connectivity index (χ2n) is 18.8. The number of rotatable bonds is 14. The van der Waals surface area contributed by atoms with Crippen molar-refractivity contribution in [2.45, 2.75) is 78.4 Å². The molecule has 376 valence electrons. The molecule has 6 aromatic rings. The number of alkyl halides is 3. The van der Waals surface area contributed by atoms with E-state index in [0.717, 1.165) is 37.1 Å². The molecule has 0 spiro atoms. The predicted octanol–water partition coefficient (Wildman–Crippen LogP) is 11.5. The Labute approximate surface area is 415 Å². The number of amides is 1. The van der Waals surface area contributed by atoms with Gasteiger partial charge >= 0.3 is 18.3 Å². The first-order chi connectivity index (χ1) is 33.8. The maximum absolute atomic E-state index is 18.1. The lowest BCUT2D eigenvalue weighted by molar-refractivity contribution is -0.137. The number of pyridine rings is 2. The third kappa shape index (κ3) is 11.4. The van der Waals surface area contributed by atoms with E-state index in [1.165, 1.54) is 19.2 Å². The molecule has 5 heterocycles. The summed E-state index contributed by atoms with van der Waals surface area (Å²) in [6.45, 7) is 10.7. The Bertz CT molecular complexity index is 2840. The Hall–Kier alpha value is -6.66. The van der Waals surface area contributed by atoms with Gasteiger partial charge in [0.25, 0.3) is 0 Å². The Morgan fingerprint density at radius 3 is 2.24 bits per heavy atom. The van der Waals surface area contributed by atoms with Crippen molar-refractivity contribution < 1.29 is 46.0 Å². The summed E-state index contributed by atoms with van der Waals surface area (Å²) >= 11 is 7.23. The molecular formula is C52H57ClF4N8O6. The fourth-order valence-electron chi connectivity index (χ4n) is 9.09. The van der Waals surface area contributed by atoms with Crippen LogP contribution in [-0.2, 0) is 24.0 Å². The van der Waals surface area contributed by atoms with Gasteiger partial charge in [-0.15, -0.1) is 0 Å². The Morgan fingerprint density at radius 1 is 0.972 bits per heavy atom. The molecule has 1 unspecified atom stereocenters. The molecule has 1 fully saturated rings. The molecule has 1 N–H and O–H groups in total. The zero-order valence-electron chi connectivity index (χ0n) is 40.9. The second kappa shape index (κ2) is 21.0. The minimum atomic E-state index is -5.01. The van der Waals surface area contributed by atoms with Crippen molar-refractivity contribution in [1.82, 2.24) is 24.8 Å². The molecule has 2 aliphatic heterocycles. The molecule has 71 heavy (non-hydrogen) atoms. The third-order valence-electron chi connectivity index (χ3n) is 12.5. The monoisotopic (exact) mass is 1000 g/mol. The number of likely N-dealkylation sites (tertiary alicyclic amines) is 1. The van der Waals surface area contributed by atoms with Crippen LogP contribution in [0.4, 0.5) is 39.8 Å². The van der Waals surface area contributed by atoms with Crippen molar-refractivity contribution in [3.05, 3.63) is 112 Å². The molecule has 0 radical (unpaired) electrons. The fourth-order valence-corrected chi connectivity index (χ4v) is 9.41. The van der Waals surface area contributed by atoms with Gasteiger partial charge in [-0.2, -0.15) is 23.1 Å². The number of halogens is 5. The Kier molecular flexibility index (Phi) is 15.0. The van der Waals surface area contributed by atoms with Crippen LogP contribution in [0, 0.1) is 18.7 Å². The van der Waals surface area contributed by atoms with Crippen LogP contribution in [0.2, 0.25) is 5.02 Å². The van der Waals surface area contributed by atoms with E-state index in [4.69, 9.17) is 45.3 Å². The standard InChI is InChI=1S/C52H57ClF4N8O6/c1-30-25-38(64(27-32-13-17-35(67-7)18-14-32)28-33-15-19-36(68-8)20-16-33)59-44(41(30)52(55,56)57)39-42(53)46-40-45(43(39)54)60-49(70-29-34-11-10-22-63(6)26-34)62-48(40)65(23-24-69-46)31(2)37-12-9-21-58-47(37)61-50(66)71-51(3,4)5/h9,12-21,25,31,34H,10-11,22-24,26-29H2,1-8H3,(H,58,61,66)/t31-,34?/m1/s1. The first kappa shape index (κ1) is 50.7.